The third kappa shape index (κ3) is 6.55. The van der Waals surface area contributed by atoms with Crippen molar-refractivity contribution in [3.05, 3.63) is 23.4 Å². The van der Waals surface area contributed by atoms with Gasteiger partial charge in [-0.25, -0.2) is 4.98 Å². The van der Waals surface area contributed by atoms with Crippen molar-refractivity contribution in [3.63, 3.8) is 0 Å². The number of hydrogen-bond acceptors (Lipinski definition) is 4. The van der Waals surface area contributed by atoms with Gasteiger partial charge in [0.2, 0.25) is 5.88 Å². The Morgan fingerprint density at radius 3 is 2.79 bits per heavy atom. The van der Waals surface area contributed by atoms with Crippen molar-refractivity contribution < 1.29 is 9.47 Å². The quantitative estimate of drug-likeness (QED) is 0.698. The van der Waals surface area contributed by atoms with E-state index in [9.17, 15) is 0 Å². The van der Waals surface area contributed by atoms with E-state index in [1.807, 2.05) is 26.8 Å². The van der Waals surface area contributed by atoms with Gasteiger partial charge in [-0.2, -0.15) is 0 Å². The van der Waals surface area contributed by atoms with Crippen LogP contribution in [0.2, 0.25) is 0 Å². The summed E-state index contributed by atoms with van der Waals surface area (Å²) >= 11 is 0. The molecule has 1 atom stereocenters. The molecule has 0 amide bonds. The van der Waals surface area contributed by atoms with Crippen LogP contribution >= 0.6 is 0 Å². The topological polar surface area (TPSA) is 43.4 Å². The van der Waals surface area contributed by atoms with Gasteiger partial charge in [-0.1, -0.05) is 6.92 Å². The molecule has 0 bridgehead atoms. The molecule has 4 nitrogen and oxygen atoms in total. The lowest BCUT2D eigenvalue weighted by Crippen LogP contribution is -2.20. The van der Waals surface area contributed by atoms with E-state index in [0.717, 1.165) is 25.2 Å². The molecule has 1 unspecified atom stereocenters. The summed E-state index contributed by atoms with van der Waals surface area (Å²) in [6, 6.07) is 4.08. The van der Waals surface area contributed by atoms with Crippen LogP contribution in [0.1, 0.15) is 38.4 Å². The molecular formula is C15H26N2O2. The summed E-state index contributed by atoms with van der Waals surface area (Å²) in [5.74, 6) is 0.681. The molecule has 0 fully saturated rings. The molecule has 1 N–H and O–H groups in total. The second kappa shape index (κ2) is 8.88. The first-order valence-electron chi connectivity index (χ1n) is 7.08. The van der Waals surface area contributed by atoms with Crippen LogP contribution in [0.5, 0.6) is 5.88 Å². The van der Waals surface area contributed by atoms with E-state index in [0.29, 0.717) is 19.1 Å². The van der Waals surface area contributed by atoms with Crippen LogP contribution in [-0.4, -0.2) is 30.8 Å². The van der Waals surface area contributed by atoms with E-state index in [2.05, 4.69) is 23.3 Å². The number of aromatic nitrogens is 1. The average molecular weight is 266 g/mol. The molecule has 0 saturated carbocycles. The minimum atomic E-state index is 0.0192. The van der Waals surface area contributed by atoms with Crippen LogP contribution in [0.25, 0.3) is 0 Å². The first-order valence-corrected chi connectivity index (χ1v) is 7.08. The molecule has 0 aliphatic heterocycles. The van der Waals surface area contributed by atoms with E-state index in [1.54, 1.807) is 0 Å². The van der Waals surface area contributed by atoms with Gasteiger partial charge in [0.05, 0.1) is 6.61 Å². The highest BCUT2D eigenvalue weighted by Gasteiger charge is 2.07. The van der Waals surface area contributed by atoms with Gasteiger partial charge in [-0.05, 0) is 45.4 Å². The van der Waals surface area contributed by atoms with Gasteiger partial charge in [-0.15, -0.1) is 0 Å². The summed E-state index contributed by atoms with van der Waals surface area (Å²) in [4.78, 5) is 4.40. The largest absolute Gasteiger partial charge is 0.472 e. The van der Waals surface area contributed by atoms with Gasteiger partial charge in [0.1, 0.15) is 6.10 Å². The second-order valence-corrected chi connectivity index (χ2v) is 4.72. The zero-order valence-corrected chi connectivity index (χ0v) is 12.5. The number of pyridine rings is 1. The lowest BCUT2D eigenvalue weighted by molar-refractivity contribution is 0.0632. The first kappa shape index (κ1) is 15.9. The molecule has 4 heteroatoms. The van der Waals surface area contributed by atoms with Crippen LogP contribution in [0, 0.1) is 6.92 Å². The molecule has 1 aromatic heterocycles. The Balaban J connectivity index is 2.57. The maximum atomic E-state index is 5.78. The Bertz CT molecular complexity index is 369. The Hall–Kier alpha value is -1.13. The molecule has 108 valence electrons. The molecule has 0 radical (unpaired) electrons. The number of ether oxygens (including phenoxy) is 2. The van der Waals surface area contributed by atoms with Crippen molar-refractivity contribution in [1.29, 1.82) is 0 Å². The zero-order chi connectivity index (χ0) is 14.1. The lowest BCUT2D eigenvalue weighted by Gasteiger charge is -2.15. The van der Waals surface area contributed by atoms with Crippen molar-refractivity contribution in [2.45, 2.75) is 46.8 Å². The molecule has 1 rings (SSSR count). The number of aryl methyl sites for hydroxylation is 1. The molecule has 0 saturated heterocycles. The maximum Gasteiger partial charge on any atom is 0.214 e. The van der Waals surface area contributed by atoms with Crippen molar-refractivity contribution in [3.8, 4) is 5.88 Å². The van der Waals surface area contributed by atoms with Crippen molar-refractivity contribution in [2.24, 2.45) is 0 Å². The van der Waals surface area contributed by atoms with Crippen molar-refractivity contribution in [2.75, 3.05) is 19.8 Å². The van der Waals surface area contributed by atoms with Gasteiger partial charge in [0, 0.05) is 24.9 Å². The fourth-order valence-electron chi connectivity index (χ4n) is 1.80. The van der Waals surface area contributed by atoms with Crippen LogP contribution < -0.4 is 10.1 Å². The Morgan fingerprint density at radius 2 is 2.11 bits per heavy atom. The fraction of sp³-hybridized carbons (Fsp3) is 0.667. The third-order valence-corrected chi connectivity index (χ3v) is 2.62. The van der Waals surface area contributed by atoms with Gasteiger partial charge >= 0.3 is 0 Å². The predicted molar refractivity (Wildman–Crippen MR) is 77.6 cm³/mol. The number of nitrogens with one attached hydrogen (secondary N) is 1. The summed E-state index contributed by atoms with van der Waals surface area (Å²) in [6.45, 7) is 11.3. The molecule has 0 aromatic carbocycles. The van der Waals surface area contributed by atoms with Gasteiger partial charge in [-0.3, -0.25) is 0 Å². The lowest BCUT2D eigenvalue weighted by atomic mass is 10.2. The molecule has 0 aliphatic rings. The van der Waals surface area contributed by atoms with Crippen LogP contribution in [0.15, 0.2) is 12.1 Å². The normalized spacial score (nSPS) is 12.4. The van der Waals surface area contributed by atoms with Crippen molar-refractivity contribution >= 4 is 0 Å². The monoisotopic (exact) mass is 266 g/mol. The second-order valence-electron chi connectivity index (χ2n) is 4.72. The smallest absolute Gasteiger partial charge is 0.214 e. The highest BCUT2D eigenvalue weighted by molar-refractivity contribution is 5.24. The SMILES string of the molecule is CCCNCc1cc(C)nc(OC(C)COCC)c1. The van der Waals surface area contributed by atoms with E-state index in [-0.39, 0.29) is 6.10 Å². The highest BCUT2D eigenvalue weighted by atomic mass is 16.5. The van der Waals surface area contributed by atoms with Gasteiger partial charge < -0.3 is 14.8 Å². The number of rotatable bonds is 9. The molecule has 0 spiro atoms. The Morgan fingerprint density at radius 1 is 1.32 bits per heavy atom. The maximum absolute atomic E-state index is 5.78. The summed E-state index contributed by atoms with van der Waals surface area (Å²) in [5.41, 5.74) is 2.19. The minimum absolute atomic E-state index is 0.0192. The van der Waals surface area contributed by atoms with E-state index >= 15 is 0 Å². The fourth-order valence-corrected chi connectivity index (χ4v) is 1.80. The van der Waals surface area contributed by atoms with Crippen molar-refractivity contribution in [1.82, 2.24) is 10.3 Å². The summed E-state index contributed by atoms with van der Waals surface area (Å²) in [7, 11) is 0. The molecule has 1 aromatic rings. The molecule has 19 heavy (non-hydrogen) atoms. The van der Waals surface area contributed by atoms with E-state index in [1.165, 1.54) is 5.56 Å². The molecule has 1 heterocycles. The van der Waals surface area contributed by atoms with E-state index in [4.69, 9.17) is 9.47 Å². The standard InChI is InChI=1S/C15H26N2O2/c1-5-7-16-10-14-8-12(3)17-15(9-14)19-13(4)11-18-6-2/h8-9,13,16H,5-7,10-11H2,1-4H3. The molecular weight excluding hydrogens is 240 g/mol. The first-order chi connectivity index (χ1) is 9.15. The highest BCUT2D eigenvalue weighted by Crippen LogP contribution is 2.14. The Kier molecular flexibility index (Phi) is 7.45. The van der Waals surface area contributed by atoms with E-state index < -0.39 is 0 Å². The minimum Gasteiger partial charge on any atom is -0.472 e. The van der Waals surface area contributed by atoms with Gasteiger partial charge in [0.15, 0.2) is 0 Å². The Labute approximate surface area is 116 Å². The summed E-state index contributed by atoms with van der Waals surface area (Å²) < 4.78 is 11.1. The van der Waals surface area contributed by atoms with Crippen LogP contribution in [0.4, 0.5) is 0 Å². The van der Waals surface area contributed by atoms with Gasteiger partial charge in [0.25, 0.3) is 0 Å². The summed E-state index contributed by atoms with van der Waals surface area (Å²) in [5, 5.41) is 3.39. The predicted octanol–water partition coefficient (Wildman–Crippen LogP) is 2.69. The summed E-state index contributed by atoms with van der Waals surface area (Å²) in [6.07, 6.45) is 1.16. The van der Waals surface area contributed by atoms with Crippen LogP contribution in [-0.2, 0) is 11.3 Å². The number of nitrogens with zero attached hydrogens (tertiary/aromatic N) is 1. The molecule has 0 aliphatic carbocycles. The average Bonchev–Trinajstić information content (AvgIpc) is 2.36. The van der Waals surface area contributed by atoms with Crippen LogP contribution in [0.3, 0.4) is 0 Å². The number of hydrogen-bond donors (Lipinski definition) is 1. The third-order valence-electron chi connectivity index (χ3n) is 2.62. The zero-order valence-electron chi connectivity index (χ0n) is 12.5.